The Morgan fingerprint density at radius 2 is 1.85 bits per heavy atom. The zero-order valence-corrected chi connectivity index (χ0v) is 18.4. The molecule has 180 valence electrons. The third-order valence-electron chi connectivity index (χ3n) is 6.81. The molecule has 1 aliphatic heterocycles. The van der Waals surface area contributed by atoms with Crippen molar-refractivity contribution in [3.63, 3.8) is 0 Å². The molecule has 0 fully saturated rings. The van der Waals surface area contributed by atoms with Gasteiger partial charge in [-0.2, -0.15) is 13.2 Å². The minimum absolute atomic E-state index is 0.0870. The predicted octanol–water partition coefficient (Wildman–Crippen LogP) is 3.53. The van der Waals surface area contributed by atoms with Gasteiger partial charge in [0.2, 0.25) is 12.4 Å². The van der Waals surface area contributed by atoms with Gasteiger partial charge in [0.15, 0.2) is 17.1 Å². The number of rotatable bonds is 3. The van der Waals surface area contributed by atoms with Gasteiger partial charge in [-0.1, -0.05) is 26.0 Å². The van der Waals surface area contributed by atoms with Crippen molar-refractivity contribution in [3.8, 4) is 11.5 Å². The van der Waals surface area contributed by atoms with Gasteiger partial charge in [-0.25, -0.2) is 0 Å². The van der Waals surface area contributed by atoms with Crippen LogP contribution in [0.3, 0.4) is 0 Å². The molecule has 2 atom stereocenters. The summed E-state index contributed by atoms with van der Waals surface area (Å²) in [4.78, 5) is 14.3. The fourth-order valence-corrected chi connectivity index (χ4v) is 5.23. The SMILES string of the molecule is CC1(C)CC(O)(C(F)(F)F)C(O)(CNc2cccc3[nH]c(=O)ccc23)c2ccc3c(c21)OCO3. The normalized spacial score (nSPS) is 25.3. The van der Waals surface area contributed by atoms with E-state index in [0.29, 0.717) is 27.9 Å². The van der Waals surface area contributed by atoms with Crippen molar-refractivity contribution in [1.29, 1.82) is 0 Å². The number of hydrogen-bond donors (Lipinski definition) is 4. The molecule has 0 saturated carbocycles. The van der Waals surface area contributed by atoms with Crippen LogP contribution in [0.5, 0.6) is 11.5 Å². The first-order chi connectivity index (χ1) is 15.9. The molecule has 2 unspecified atom stereocenters. The van der Waals surface area contributed by atoms with E-state index in [0.717, 1.165) is 0 Å². The minimum atomic E-state index is -5.14. The Balaban J connectivity index is 1.67. The van der Waals surface area contributed by atoms with Gasteiger partial charge in [-0.05, 0) is 41.7 Å². The Morgan fingerprint density at radius 3 is 2.59 bits per heavy atom. The maximum atomic E-state index is 14.4. The number of halogens is 3. The number of hydrogen-bond acceptors (Lipinski definition) is 6. The summed E-state index contributed by atoms with van der Waals surface area (Å²) in [6, 6.07) is 10.5. The molecule has 10 heteroatoms. The molecule has 0 saturated heterocycles. The molecule has 0 amide bonds. The number of ether oxygens (including phenoxy) is 2. The van der Waals surface area contributed by atoms with E-state index in [9.17, 15) is 28.2 Å². The molecule has 3 aromatic rings. The van der Waals surface area contributed by atoms with E-state index in [1.54, 1.807) is 32.0 Å². The number of fused-ring (bicyclic) bond motifs is 4. The van der Waals surface area contributed by atoms with Crippen molar-refractivity contribution >= 4 is 16.6 Å². The highest BCUT2D eigenvalue weighted by molar-refractivity contribution is 5.91. The molecule has 4 N–H and O–H groups in total. The van der Waals surface area contributed by atoms with Crippen LogP contribution in [0.4, 0.5) is 18.9 Å². The van der Waals surface area contributed by atoms with Gasteiger partial charge in [0.1, 0.15) is 5.60 Å². The molecular weight excluding hydrogens is 453 g/mol. The average Bonchev–Trinajstić information content (AvgIpc) is 3.23. The molecule has 2 aromatic carbocycles. The minimum Gasteiger partial charge on any atom is -0.454 e. The van der Waals surface area contributed by atoms with E-state index in [-0.39, 0.29) is 23.7 Å². The lowest BCUT2D eigenvalue weighted by atomic mass is 9.58. The summed E-state index contributed by atoms with van der Waals surface area (Å²) in [6.45, 7) is 2.39. The van der Waals surface area contributed by atoms with Gasteiger partial charge >= 0.3 is 6.18 Å². The van der Waals surface area contributed by atoms with E-state index in [4.69, 9.17) is 9.47 Å². The standard InChI is InChI=1S/C24H23F3N2O5/c1-21(2)10-23(32,24(25,26)27)22(31,14-7-8-17-20(19(14)21)34-12-33-17)11-28-15-4-3-5-16-13(15)6-9-18(30)29-16/h3-9,28,31-32H,10-12H2,1-2H3,(H,29,30). The summed E-state index contributed by atoms with van der Waals surface area (Å²) in [7, 11) is 0. The topological polar surface area (TPSA) is 104 Å². The number of pyridine rings is 1. The van der Waals surface area contributed by atoms with E-state index < -0.39 is 35.8 Å². The number of aromatic amines is 1. The zero-order chi connectivity index (χ0) is 24.5. The summed E-state index contributed by atoms with van der Waals surface area (Å²) < 4.78 is 54.2. The van der Waals surface area contributed by atoms with Crippen LogP contribution in [0, 0.1) is 0 Å². The Bertz CT molecular complexity index is 1350. The molecular formula is C24H23F3N2O5. The van der Waals surface area contributed by atoms with Crippen LogP contribution >= 0.6 is 0 Å². The highest BCUT2D eigenvalue weighted by atomic mass is 19.4. The maximum absolute atomic E-state index is 14.4. The largest absolute Gasteiger partial charge is 0.454 e. The molecule has 2 heterocycles. The van der Waals surface area contributed by atoms with Crippen molar-refractivity contribution in [1.82, 2.24) is 4.98 Å². The maximum Gasteiger partial charge on any atom is 0.420 e. The lowest BCUT2D eigenvalue weighted by molar-refractivity contribution is -0.330. The fourth-order valence-electron chi connectivity index (χ4n) is 5.23. The number of nitrogens with one attached hydrogen (secondary N) is 2. The number of aromatic nitrogens is 1. The lowest BCUT2D eigenvalue weighted by Crippen LogP contribution is -2.68. The number of anilines is 1. The number of alkyl halides is 3. The molecule has 34 heavy (non-hydrogen) atoms. The van der Waals surface area contributed by atoms with Crippen LogP contribution in [-0.4, -0.2) is 40.3 Å². The highest BCUT2D eigenvalue weighted by Crippen LogP contribution is 2.59. The second-order valence-electron chi connectivity index (χ2n) is 9.44. The lowest BCUT2D eigenvalue weighted by Gasteiger charge is -2.53. The van der Waals surface area contributed by atoms with Crippen LogP contribution in [-0.2, 0) is 11.0 Å². The van der Waals surface area contributed by atoms with Crippen molar-refractivity contribution in [3.05, 3.63) is 63.9 Å². The van der Waals surface area contributed by atoms with E-state index in [2.05, 4.69) is 10.3 Å². The van der Waals surface area contributed by atoms with Crippen LogP contribution < -0.4 is 20.3 Å². The van der Waals surface area contributed by atoms with Gasteiger partial charge in [-0.3, -0.25) is 4.79 Å². The van der Waals surface area contributed by atoms with Crippen LogP contribution in [0.15, 0.2) is 47.3 Å². The first kappa shape index (κ1) is 22.5. The van der Waals surface area contributed by atoms with Crippen molar-refractivity contribution in [2.75, 3.05) is 18.7 Å². The van der Waals surface area contributed by atoms with Crippen molar-refractivity contribution in [2.45, 2.75) is 43.1 Å². The summed E-state index contributed by atoms with van der Waals surface area (Å²) >= 11 is 0. The molecule has 1 aliphatic carbocycles. The third-order valence-corrected chi connectivity index (χ3v) is 6.81. The van der Waals surface area contributed by atoms with Gasteiger partial charge in [-0.15, -0.1) is 0 Å². The van der Waals surface area contributed by atoms with E-state index in [1.807, 2.05) is 0 Å². The fraction of sp³-hybridized carbons (Fsp3) is 0.375. The van der Waals surface area contributed by atoms with Crippen LogP contribution in [0.25, 0.3) is 10.9 Å². The summed E-state index contributed by atoms with van der Waals surface area (Å²) in [6.07, 6.45) is -5.93. The monoisotopic (exact) mass is 476 g/mol. The summed E-state index contributed by atoms with van der Waals surface area (Å²) in [5, 5.41) is 26.3. The average molecular weight is 476 g/mol. The molecule has 0 spiro atoms. The smallest absolute Gasteiger partial charge is 0.420 e. The Morgan fingerprint density at radius 1 is 1.09 bits per heavy atom. The van der Waals surface area contributed by atoms with Crippen molar-refractivity contribution < 1.29 is 32.9 Å². The second-order valence-corrected chi connectivity index (χ2v) is 9.44. The number of H-pyrrole nitrogens is 1. The Labute approximate surface area is 192 Å². The second kappa shape index (κ2) is 7.13. The third kappa shape index (κ3) is 3.08. The highest BCUT2D eigenvalue weighted by Gasteiger charge is 2.71. The predicted molar refractivity (Wildman–Crippen MR) is 118 cm³/mol. The van der Waals surface area contributed by atoms with Crippen LogP contribution in [0.2, 0.25) is 0 Å². The number of benzene rings is 2. The molecule has 0 radical (unpaired) electrons. The van der Waals surface area contributed by atoms with Gasteiger partial charge in [0, 0.05) is 22.7 Å². The molecule has 7 nitrogen and oxygen atoms in total. The van der Waals surface area contributed by atoms with Crippen LogP contribution in [0.1, 0.15) is 31.4 Å². The van der Waals surface area contributed by atoms with Crippen molar-refractivity contribution in [2.24, 2.45) is 0 Å². The molecule has 0 bridgehead atoms. The molecule has 2 aliphatic rings. The van der Waals surface area contributed by atoms with Gasteiger partial charge in [0.25, 0.3) is 0 Å². The first-order valence-corrected chi connectivity index (χ1v) is 10.7. The Hall–Kier alpha value is -3.24. The Kier molecular flexibility index (Phi) is 4.73. The summed E-state index contributed by atoms with van der Waals surface area (Å²) in [5.74, 6) is 0.644. The zero-order valence-electron chi connectivity index (χ0n) is 18.4. The first-order valence-electron chi connectivity index (χ1n) is 10.7. The number of aliphatic hydroxyl groups is 2. The molecule has 5 rings (SSSR count). The molecule has 1 aromatic heterocycles. The quantitative estimate of drug-likeness (QED) is 0.461. The van der Waals surface area contributed by atoms with E-state index >= 15 is 0 Å². The van der Waals surface area contributed by atoms with Gasteiger partial charge in [0.05, 0.1) is 12.1 Å². The van der Waals surface area contributed by atoms with E-state index in [1.165, 1.54) is 24.3 Å². The summed E-state index contributed by atoms with van der Waals surface area (Å²) in [5.41, 5.74) is -6.60. The van der Waals surface area contributed by atoms with Gasteiger partial charge < -0.3 is 30.0 Å².